The van der Waals surface area contributed by atoms with Crippen LogP contribution in [-0.2, 0) is 23.3 Å². The molecule has 9 nitrogen and oxygen atoms in total. The Labute approximate surface area is 352 Å². The lowest BCUT2D eigenvalue weighted by molar-refractivity contribution is -0.138. The van der Waals surface area contributed by atoms with Crippen molar-refractivity contribution in [2.45, 2.75) is 115 Å². The molecule has 0 aromatic carbocycles. The minimum absolute atomic E-state index is 0.0115. The van der Waals surface area contributed by atoms with Gasteiger partial charge in [0.1, 0.15) is 0 Å². The monoisotopic (exact) mass is 904 g/mol. The van der Waals surface area contributed by atoms with Crippen molar-refractivity contribution >= 4 is 53.6 Å². The van der Waals surface area contributed by atoms with E-state index in [2.05, 4.69) is 24.1 Å². The van der Waals surface area contributed by atoms with Crippen LogP contribution in [0.25, 0.3) is 0 Å². The maximum absolute atomic E-state index is 13.1. The predicted molar refractivity (Wildman–Crippen MR) is 217 cm³/mol. The summed E-state index contributed by atoms with van der Waals surface area (Å²) in [6.07, 6.45) is -4.10. The summed E-state index contributed by atoms with van der Waals surface area (Å²) in [4.78, 5) is 34.9. The second-order valence-corrected chi connectivity index (χ2v) is 17.3. The summed E-state index contributed by atoms with van der Waals surface area (Å²) >= 11 is 3.49. The van der Waals surface area contributed by atoms with E-state index in [1.807, 2.05) is 55.4 Å². The molecule has 3 aromatic heterocycles. The van der Waals surface area contributed by atoms with Crippen LogP contribution in [0.3, 0.4) is 0 Å². The Morgan fingerprint density at radius 2 is 1.15 bits per heavy atom. The number of nitrogens with one attached hydrogen (secondary N) is 1. The molecule has 59 heavy (non-hydrogen) atoms. The van der Waals surface area contributed by atoms with Crippen LogP contribution in [0, 0.1) is 0 Å². The van der Waals surface area contributed by atoms with E-state index < -0.39 is 58.2 Å². The zero-order valence-corrected chi connectivity index (χ0v) is 36.2. The van der Waals surface area contributed by atoms with E-state index in [0.29, 0.717) is 13.2 Å². The number of carbonyl (C=O) groups is 2. The normalized spacial score (nSPS) is 12.1. The second kappa shape index (κ2) is 25.8. The second-order valence-electron chi connectivity index (χ2n) is 13.0. The zero-order valence-electron chi connectivity index (χ0n) is 33.8. The number of alkyl halides is 9. The first-order valence-electron chi connectivity index (χ1n) is 18.3. The number of carbonyl (C=O) groups excluding carboxylic acids is 2. The maximum atomic E-state index is 13.1. The van der Waals surface area contributed by atoms with Crippen molar-refractivity contribution in [2.75, 3.05) is 13.2 Å². The molecule has 330 valence electrons. The van der Waals surface area contributed by atoms with Crippen LogP contribution < -0.4 is 4.72 Å². The Balaban J connectivity index is 0.000000445. The highest BCUT2D eigenvalue weighted by Crippen LogP contribution is 2.35. The number of nitrogens with zero attached hydrogens (tertiary/aromatic N) is 5. The third-order valence-corrected chi connectivity index (χ3v) is 9.33. The van der Waals surface area contributed by atoms with Gasteiger partial charge in [0.15, 0.2) is 0 Å². The molecule has 0 saturated carbocycles. The number of ether oxygens (including phenoxy) is 1. The highest BCUT2D eigenvalue weighted by atomic mass is 32.2. The minimum atomic E-state index is -4.56. The summed E-state index contributed by atoms with van der Waals surface area (Å²) < 4.78 is 129. The lowest BCUT2D eigenvalue weighted by Gasteiger charge is -2.24. The SMILES string of the molecule is CC(C)SNC(=O)c1cnccc1C(F)(F)F.CCCCN(SC(C)C)C(=O)c1cnccc1C(F)(F)F.CCCCOC(=NSC(C)C)c1cnccc1C(F)(F)F. The van der Waals surface area contributed by atoms with Gasteiger partial charge in [-0.1, -0.05) is 68.2 Å². The molecule has 21 heteroatoms. The maximum Gasteiger partial charge on any atom is 0.417 e. The van der Waals surface area contributed by atoms with Gasteiger partial charge in [-0.15, -0.1) is 0 Å². The number of hydrogen-bond donors (Lipinski definition) is 1. The largest absolute Gasteiger partial charge is 0.477 e. The summed E-state index contributed by atoms with van der Waals surface area (Å²) in [5, 5.41) is 0.350. The minimum Gasteiger partial charge on any atom is -0.477 e. The molecule has 1 N–H and O–H groups in total. The average Bonchev–Trinajstić information content (AvgIpc) is 3.16. The molecule has 0 aliphatic rings. The van der Waals surface area contributed by atoms with Gasteiger partial charge in [0.2, 0.25) is 5.90 Å². The molecule has 0 atom stereocenters. The third-order valence-electron chi connectivity index (χ3n) is 6.83. The molecular formula is C38H49F9N6O3S3. The van der Waals surface area contributed by atoms with Gasteiger partial charge in [-0.2, -0.15) is 43.9 Å². The third kappa shape index (κ3) is 19.9. The highest BCUT2D eigenvalue weighted by molar-refractivity contribution is 7.99. The van der Waals surface area contributed by atoms with Crippen molar-refractivity contribution in [3.05, 3.63) is 88.8 Å². The van der Waals surface area contributed by atoms with E-state index in [0.717, 1.165) is 93.0 Å². The molecule has 0 bridgehead atoms. The fourth-order valence-corrected chi connectivity index (χ4v) is 6.03. The summed E-state index contributed by atoms with van der Waals surface area (Å²) in [7, 11) is 0. The number of amides is 2. The molecule has 0 unspecified atom stereocenters. The predicted octanol–water partition coefficient (Wildman–Crippen LogP) is 12.0. The molecule has 3 aromatic rings. The van der Waals surface area contributed by atoms with Crippen LogP contribution >= 0.6 is 35.8 Å². The summed E-state index contributed by atoms with van der Waals surface area (Å²) in [5.41, 5.74) is -3.67. The number of pyridine rings is 3. The van der Waals surface area contributed by atoms with E-state index in [4.69, 9.17) is 4.74 Å². The zero-order chi connectivity index (χ0) is 45.0. The van der Waals surface area contributed by atoms with Crippen LogP contribution in [0.2, 0.25) is 0 Å². The van der Waals surface area contributed by atoms with Crippen molar-refractivity contribution in [1.82, 2.24) is 24.0 Å². The molecule has 0 aliphatic heterocycles. The van der Waals surface area contributed by atoms with Crippen molar-refractivity contribution in [3.8, 4) is 0 Å². The molecule has 0 spiro atoms. The van der Waals surface area contributed by atoms with Gasteiger partial charge in [0.25, 0.3) is 11.8 Å². The number of unbranched alkanes of at least 4 members (excludes halogenated alkanes) is 2. The molecule has 3 rings (SSSR count). The van der Waals surface area contributed by atoms with Crippen molar-refractivity contribution < 1.29 is 53.8 Å². The molecule has 0 fully saturated rings. The first kappa shape index (κ1) is 53.3. The van der Waals surface area contributed by atoms with Gasteiger partial charge in [0, 0.05) is 59.5 Å². The Morgan fingerprint density at radius 3 is 1.59 bits per heavy atom. The summed E-state index contributed by atoms with van der Waals surface area (Å²) in [6, 6.07) is 2.56. The fraction of sp³-hybridized carbons (Fsp3) is 0.526. The first-order chi connectivity index (χ1) is 27.4. The number of rotatable bonds is 15. The molecule has 0 radical (unpaired) electrons. The number of halogens is 9. The van der Waals surface area contributed by atoms with Gasteiger partial charge in [-0.05, 0) is 66.9 Å². The topological polar surface area (TPSA) is 110 Å². The van der Waals surface area contributed by atoms with E-state index in [1.165, 1.54) is 28.2 Å². The van der Waals surface area contributed by atoms with Gasteiger partial charge < -0.3 is 4.74 Å². The van der Waals surface area contributed by atoms with Crippen LogP contribution in [0.1, 0.15) is 124 Å². The Kier molecular flexibility index (Phi) is 23.3. The van der Waals surface area contributed by atoms with E-state index >= 15 is 0 Å². The van der Waals surface area contributed by atoms with Gasteiger partial charge in [0.05, 0.1) is 40.0 Å². The van der Waals surface area contributed by atoms with Gasteiger partial charge in [-0.25, -0.2) is 0 Å². The van der Waals surface area contributed by atoms with Gasteiger partial charge in [-0.3, -0.25) is 33.6 Å². The summed E-state index contributed by atoms with van der Waals surface area (Å²) in [5.74, 6) is -1.44. The lowest BCUT2D eigenvalue weighted by Crippen LogP contribution is -2.29. The Bertz CT molecular complexity index is 1760. The van der Waals surface area contributed by atoms with Crippen molar-refractivity contribution in [2.24, 2.45) is 4.40 Å². The standard InChI is InChI=1S/2C14H19F3N2OS.C10H11F3N2OS/c1-4-5-8-20-13(19-21-10(2)3)11-9-18-7-6-12(11)14(15,16)17;1-4-5-8-19(21-10(2)3)13(20)11-9-18-7-6-12(11)14(15,16)17;1-6(2)17-15-9(16)7-5-14-4-3-8(7)10(11,12)13/h2*6-7,9-10H,4-5,8H2,1-3H3;3-6H,1-2H3,(H,15,16). The Morgan fingerprint density at radius 1 is 0.695 bits per heavy atom. The number of aromatic nitrogens is 3. The van der Waals surface area contributed by atoms with E-state index in [9.17, 15) is 49.1 Å². The van der Waals surface area contributed by atoms with Crippen LogP contribution in [-0.4, -0.2) is 65.9 Å². The van der Waals surface area contributed by atoms with E-state index in [-0.39, 0.29) is 27.2 Å². The summed E-state index contributed by atoms with van der Waals surface area (Å²) in [6.45, 7) is 15.9. The molecule has 3 heterocycles. The molecule has 0 aliphatic carbocycles. The van der Waals surface area contributed by atoms with Crippen molar-refractivity contribution in [1.29, 1.82) is 0 Å². The van der Waals surface area contributed by atoms with Gasteiger partial charge >= 0.3 is 18.5 Å². The lowest BCUT2D eigenvalue weighted by atomic mass is 10.1. The Hall–Kier alpha value is -3.72. The van der Waals surface area contributed by atoms with Crippen LogP contribution in [0.4, 0.5) is 39.5 Å². The molecule has 0 saturated heterocycles. The quantitative estimate of drug-likeness (QED) is 0.0524. The fourth-order valence-electron chi connectivity index (χ4n) is 4.19. The highest BCUT2D eigenvalue weighted by Gasteiger charge is 2.38. The van der Waals surface area contributed by atoms with Crippen molar-refractivity contribution in [3.63, 3.8) is 0 Å². The smallest absolute Gasteiger partial charge is 0.417 e. The van der Waals surface area contributed by atoms with Crippen LogP contribution in [0.15, 0.2) is 59.8 Å². The first-order valence-corrected chi connectivity index (χ1v) is 20.9. The average molecular weight is 905 g/mol. The number of hydrogen-bond acceptors (Lipinski definition) is 10. The van der Waals surface area contributed by atoms with Crippen LogP contribution in [0.5, 0.6) is 0 Å². The molecule has 2 amide bonds. The molecular weight excluding hydrogens is 856 g/mol. The van der Waals surface area contributed by atoms with E-state index in [1.54, 1.807) is 0 Å².